The Kier molecular flexibility index (Phi) is 11.1. The highest BCUT2D eigenvalue weighted by atomic mass is 35.5. The van der Waals surface area contributed by atoms with Crippen LogP contribution in [0.25, 0.3) is 22.0 Å². The Balaban J connectivity index is 0.00000152. The first kappa shape index (κ1) is 30.0. The number of pyridine rings is 1. The van der Waals surface area contributed by atoms with E-state index >= 15 is 0 Å². The third kappa shape index (κ3) is 6.35. The van der Waals surface area contributed by atoms with E-state index in [0.29, 0.717) is 0 Å². The minimum Gasteiger partial charge on any atom is -0.368 e. The number of amides is 1. The van der Waals surface area contributed by atoms with Gasteiger partial charge in [-0.2, -0.15) is 0 Å². The third-order valence-corrected chi connectivity index (χ3v) is 7.09. The van der Waals surface area contributed by atoms with Crippen LogP contribution in [-0.4, -0.2) is 79.6 Å². The van der Waals surface area contributed by atoms with Gasteiger partial charge in [0, 0.05) is 75.9 Å². The van der Waals surface area contributed by atoms with E-state index in [0.717, 1.165) is 76.0 Å². The van der Waals surface area contributed by atoms with E-state index in [1.54, 1.807) is 6.92 Å². The summed E-state index contributed by atoms with van der Waals surface area (Å²) in [5, 5.41) is 2.46. The number of piperazine rings is 2. The van der Waals surface area contributed by atoms with Gasteiger partial charge in [-0.15, -0.1) is 37.2 Å². The molecule has 1 aromatic heterocycles. The van der Waals surface area contributed by atoms with Crippen LogP contribution in [0.5, 0.6) is 0 Å². The van der Waals surface area contributed by atoms with E-state index in [-0.39, 0.29) is 43.1 Å². The van der Waals surface area contributed by atoms with Crippen molar-refractivity contribution >= 4 is 65.4 Å². The van der Waals surface area contributed by atoms with Gasteiger partial charge < -0.3 is 19.6 Å². The molecule has 0 unspecified atom stereocenters. The average molecular weight is 553 g/mol. The number of nitrogens with zero attached hydrogens (tertiary/aromatic N) is 5. The monoisotopic (exact) mass is 551 g/mol. The maximum Gasteiger partial charge on any atom is 0.219 e. The lowest BCUT2D eigenvalue weighted by atomic mass is 10.1. The first-order chi connectivity index (χ1) is 16.1. The van der Waals surface area contributed by atoms with Crippen LogP contribution in [0.15, 0.2) is 54.6 Å². The molecule has 3 aromatic rings. The number of aromatic nitrogens is 1. The zero-order chi connectivity index (χ0) is 22.8. The number of halogens is 3. The number of rotatable bonds is 4. The largest absolute Gasteiger partial charge is 0.368 e. The molecule has 6 nitrogen and oxygen atoms in total. The van der Waals surface area contributed by atoms with Gasteiger partial charge in [0.05, 0.1) is 5.69 Å². The van der Waals surface area contributed by atoms with Gasteiger partial charge in [0.1, 0.15) is 5.82 Å². The topological polar surface area (TPSA) is 42.9 Å². The van der Waals surface area contributed by atoms with Crippen molar-refractivity contribution in [2.45, 2.75) is 13.8 Å². The molecule has 0 atom stereocenters. The summed E-state index contributed by atoms with van der Waals surface area (Å²) in [5.74, 6) is 1.27. The molecular weight excluding hydrogens is 517 g/mol. The molecule has 0 aliphatic carbocycles. The molecule has 2 aromatic carbocycles. The molecule has 9 heteroatoms. The molecular formula is C27H36Cl3N5O. The van der Waals surface area contributed by atoms with Gasteiger partial charge >= 0.3 is 0 Å². The average Bonchev–Trinajstić information content (AvgIpc) is 2.88. The van der Waals surface area contributed by atoms with Crippen LogP contribution in [0.4, 0.5) is 11.5 Å². The summed E-state index contributed by atoms with van der Waals surface area (Å²) in [6, 6.07) is 19.6. The lowest BCUT2D eigenvalue weighted by Crippen LogP contribution is -2.48. The lowest BCUT2D eigenvalue weighted by Gasteiger charge is -2.36. The SMILES string of the molecule is CCN1CCN(c2nc(-c3ccc(N4CCN(C(C)=O)CC4)cc3)cc3ccccc23)CC1.Cl.Cl.Cl. The Hall–Kier alpha value is -2.25. The van der Waals surface area contributed by atoms with Crippen molar-refractivity contribution in [3.8, 4) is 11.3 Å². The summed E-state index contributed by atoms with van der Waals surface area (Å²) >= 11 is 0. The summed E-state index contributed by atoms with van der Waals surface area (Å²) in [7, 11) is 0. The van der Waals surface area contributed by atoms with Gasteiger partial charge in [0.2, 0.25) is 5.91 Å². The van der Waals surface area contributed by atoms with Crippen molar-refractivity contribution in [2.24, 2.45) is 0 Å². The fourth-order valence-electron chi connectivity index (χ4n) is 4.97. The van der Waals surface area contributed by atoms with Crippen molar-refractivity contribution in [1.82, 2.24) is 14.8 Å². The number of fused-ring (bicyclic) bond motifs is 1. The Morgan fingerprint density at radius 1 is 0.806 bits per heavy atom. The van der Waals surface area contributed by atoms with Crippen molar-refractivity contribution in [2.75, 3.05) is 68.7 Å². The molecule has 36 heavy (non-hydrogen) atoms. The van der Waals surface area contributed by atoms with Gasteiger partial charge in [-0.05, 0) is 30.1 Å². The van der Waals surface area contributed by atoms with Crippen LogP contribution in [0.1, 0.15) is 13.8 Å². The first-order valence-electron chi connectivity index (χ1n) is 12.1. The number of carbonyl (C=O) groups is 1. The van der Waals surface area contributed by atoms with Crippen molar-refractivity contribution in [1.29, 1.82) is 0 Å². The molecule has 2 fully saturated rings. The van der Waals surface area contributed by atoms with Crippen LogP contribution >= 0.6 is 37.2 Å². The zero-order valence-electron chi connectivity index (χ0n) is 20.9. The van der Waals surface area contributed by atoms with E-state index in [4.69, 9.17) is 4.98 Å². The van der Waals surface area contributed by atoms with E-state index in [9.17, 15) is 4.79 Å². The number of hydrogen-bond acceptors (Lipinski definition) is 5. The lowest BCUT2D eigenvalue weighted by molar-refractivity contribution is -0.129. The second kappa shape index (κ2) is 13.3. The smallest absolute Gasteiger partial charge is 0.219 e. The van der Waals surface area contributed by atoms with E-state index in [1.165, 1.54) is 16.5 Å². The molecule has 0 bridgehead atoms. The second-order valence-electron chi connectivity index (χ2n) is 9.01. The zero-order valence-corrected chi connectivity index (χ0v) is 23.4. The molecule has 1 amide bonds. The molecule has 0 radical (unpaired) electrons. The molecule has 0 saturated carbocycles. The van der Waals surface area contributed by atoms with Gasteiger partial charge in [-0.25, -0.2) is 4.98 Å². The van der Waals surface area contributed by atoms with Crippen LogP contribution < -0.4 is 9.80 Å². The predicted molar refractivity (Wildman–Crippen MR) is 158 cm³/mol. The number of benzene rings is 2. The standard InChI is InChI=1S/C27H33N5O.3ClH/c1-3-29-12-14-32(15-13-29)27-25-7-5-4-6-23(25)20-26(28-27)22-8-10-24(11-9-22)31-18-16-30(17-19-31)21(2)33;;;/h4-11,20H,3,12-19H2,1-2H3;3*1H. The summed E-state index contributed by atoms with van der Waals surface area (Å²) in [6.07, 6.45) is 0. The molecule has 2 aliphatic rings. The Morgan fingerprint density at radius 3 is 2.03 bits per heavy atom. The van der Waals surface area contributed by atoms with Crippen LogP contribution in [0, 0.1) is 0 Å². The van der Waals surface area contributed by atoms with Gasteiger partial charge in [0.25, 0.3) is 0 Å². The minimum atomic E-state index is 0. The Morgan fingerprint density at radius 2 is 1.42 bits per heavy atom. The highest BCUT2D eigenvalue weighted by molar-refractivity contribution is 5.95. The van der Waals surface area contributed by atoms with Gasteiger partial charge in [0.15, 0.2) is 0 Å². The minimum absolute atomic E-state index is 0. The summed E-state index contributed by atoms with van der Waals surface area (Å²) < 4.78 is 0. The quantitative estimate of drug-likeness (QED) is 0.457. The number of hydrogen-bond donors (Lipinski definition) is 0. The van der Waals surface area contributed by atoms with Gasteiger partial charge in [-0.3, -0.25) is 4.79 Å². The van der Waals surface area contributed by atoms with Gasteiger partial charge in [-0.1, -0.05) is 43.3 Å². The number of carbonyl (C=O) groups excluding carboxylic acids is 1. The van der Waals surface area contributed by atoms with Crippen LogP contribution in [-0.2, 0) is 4.79 Å². The number of anilines is 2. The molecule has 0 N–H and O–H groups in total. The van der Waals surface area contributed by atoms with E-state index in [2.05, 4.69) is 76.2 Å². The molecule has 3 heterocycles. The molecule has 2 saturated heterocycles. The summed E-state index contributed by atoms with van der Waals surface area (Å²) in [6.45, 7) is 12.5. The maximum atomic E-state index is 11.6. The molecule has 196 valence electrons. The van der Waals surface area contributed by atoms with Crippen molar-refractivity contribution in [3.63, 3.8) is 0 Å². The number of likely N-dealkylation sites (N-methyl/N-ethyl adjacent to an activating group) is 1. The Bertz CT molecular complexity index is 1130. The summed E-state index contributed by atoms with van der Waals surface area (Å²) in [4.78, 5) is 26.0. The predicted octanol–water partition coefficient (Wildman–Crippen LogP) is 4.98. The molecule has 2 aliphatic heterocycles. The fraction of sp³-hybridized carbons (Fsp3) is 0.407. The van der Waals surface area contributed by atoms with Crippen LogP contribution in [0.3, 0.4) is 0 Å². The normalized spacial score (nSPS) is 16.1. The summed E-state index contributed by atoms with van der Waals surface area (Å²) in [5.41, 5.74) is 3.37. The third-order valence-electron chi connectivity index (χ3n) is 7.09. The Labute approximate surface area is 232 Å². The first-order valence-corrected chi connectivity index (χ1v) is 12.1. The second-order valence-corrected chi connectivity index (χ2v) is 9.01. The highest BCUT2D eigenvalue weighted by Gasteiger charge is 2.21. The highest BCUT2D eigenvalue weighted by Crippen LogP contribution is 2.31. The van der Waals surface area contributed by atoms with Crippen molar-refractivity contribution in [3.05, 3.63) is 54.6 Å². The maximum absolute atomic E-state index is 11.6. The molecule has 0 spiro atoms. The van der Waals surface area contributed by atoms with Crippen molar-refractivity contribution < 1.29 is 4.79 Å². The fourth-order valence-corrected chi connectivity index (χ4v) is 4.97. The van der Waals surface area contributed by atoms with E-state index < -0.39 is 0 Å². The van der Waals surface area contributed by atoms with E-state index in [1.807, 2.05) is 4.90 Å². The van der Waals surface area contributed by atoms with Crippen LogP contribution in [0.2, 0.25) is 0 Å². The molecule has 5 rings (SSSR count).